The lowest BCUT2D eigenvalue weighted by Gasteiger charge is -2.27. The molecule has 1 fully saturated rings. The minimum atomic E-state index is -0.116. The van der Waals surface area contributed by atoms with E-state index in [0.29, 0.717) is 11.8 Å². The highest BCUT2D eigenvalue weighted by Crippen LogP contribution is 2.37. The molecule has 0 bridgehead atoms. The highest BCUT2D eigenvalue weighted by molar-refractivity contribution is 6.29. The van der Waals surface area contributed by atoms with Crippen molar-refractivity contribution >= 4 is 23.2 Å². The van der Waals surface area contributed by atoms with Crippen molar-refractivity contribution in [2.45, 2.75) is 38.2 Å². The van der Waals surface area contributed by atoms with Crippen LogP contribution in [0.15, 0.2) is 48.7 Å². The number of rotatable bonds is 4. The average molecular weight is 370 g/mol. The van der Waals surface area contributed by atoms with Crippen LogP contribution < -0.4 is 0 Å². The maximum atomic E-state index is 12.5. The van der Waals surface area contributed by atoms with Gasteiger partial charge in [-0.3, -0.25) is 4.79 Å². The summed E-state index contributed by atoms with van der Waals surface area (Å²) in [6.07, 6.45) is 5.30. The molecule has 2 aromatic heterocycles. The van der Waals surface area contributed by atoms with Gasteiger partial charge in [0, 0.05) is 17.7 Å². The molecule has 4 rings (SSSR count). The molecule has 2 atom stereocenters. The van der Waals surface area contributed by atoms with Crippen LogP contribution >= 0.6 is 11.6 Å². The second-order valence-corrected chi connectivity index (χ2v) is 7.15. The van der Waals surface area contributed by atoms with Gasteiger partial charge in [-0.2, -0.15) is 5.10 Å². The van der Waals surface area contributed by atoms with Gasteiger partial charge in [0.1, 0.15) is 11.8 Å². The van der Waals surface area contributed by atoms with E-state index < -0.39 is 0 Å². The molecule has 0 spiro atoms. The number of nitrogens with zero attached hydrogens (tertiary/aromatic N) is 3. The fourth-order valence-electron chi connectivity index (χ4n) is 3.62. The fourth-order valence-corrected chi connectivity index (χ4v) is 3.86. The molecule has 2 unspecified atom stereocenters. The summed E-state index contributed by atoms with van der Waals surface area (Å²) in [4.78, 5) is 17.2. The van der Waals surface area contributed by atoms with Crippen molar-refractivity contribution < 1.29 is 9.53 Å². The van der Waals surface area contributed by atoms with Gasteiger partial charge in [0.2, 0.25) is 0 Å². The molecule has 1 aliphatic rings. The van der Waals surface area contributed by atoms with Gasteiger partial charge in [-0.25, -0.2) is 9.50 Å². The van der Waals surface area contributed by atoms with Crippen molar-refractivity contribution in [2.75, 3.05) is 0 Å². The topological polar surface area (TPSA) is 56.5 Å². The number of ether oxygens (including phenoxy) is 1. The van der Waals surface area contributed by atoms with Gasteiger partial charge in [0.05, 0.1) is 12.1 Å². The zero-order valence-electron chi connectivity index (χ0n) is 14.3. The summed E-state index contributed by atoms with van der Waals surface area (Å²) in [5, 5.41) is 4.69. The maximum absolute atomic E-state index is 12.5. The van der Waals surface area contributed by atoms with E-state index in [-0.39, 0.29) is 17.8 Å². The van der Waals surface area contributed by atoms with E-state index in [4.69, 9.17) is 16.3 Å². The Morgan fingerprint density at radius 1 is 1.23 bits per heavy atom. The van der Waals surface area contributed by atoms with Crippen molar-refractivity contribution in [1.29, 1.82) is 0 Å². The summed E-state index contributed by atoms with van der Waals surface area (Å²) in [5.41, 5.74) is 2.68. The van der Waals surface area contributed by atoms with E-state index in [2.05, 4.69) is 10.1 Å². The molecule has 0 radical (unpaired) electrons. The number of aromatic nitrogens is 3. The van der Waals surface area contributed by atoms with Gasteiger partial charge in [-0.05, 0) is 30.9 Å². The lowest BCUT2D eigenvalue weighted by molar-refractivity contribution is -0.151. The zero-order chi connectivity index (χ0) is 17.9. The minimum absolute atomic E-state index is 0.0841. The number of esters is 1. The molecule has 3 aromatic rings. The quantitative estimate of drug-likeness (QED) is 0.505. The molecule has 1 aliphatic carbocycles. The fraction of sp³-hybridized carbons (Fsp3) is 0.350. The molecular formula is C20H20ClN3O2. The van der Waals surface area contributed by atoms with Crippen molar-refractivity contribution in [3.05, 3.63) is 65.1 Å². The Labute approximate surface area is 157 Å². The first-order valence-corrected chi connectivity index (χ1v) is 9.29. The Kier molecular flexibility index (Phi) is 4.89. The molecular weight excluding hydrogens is 350 g/mol. The first-order chi connectivity index (χ1) is 12.7. The molecule has 5 nitrogen and oxygen atoms in total. The predicted molar refractivity (Wildman–Crippen MR) is 98.9 cm³/mol. The third-order valence-electron chi connectivity index (χ3n) is 4.99. The van der Waals surface area contributed by atoms with Crippen LogP contribution in [0.1, 0.15) is 42.9 Å². The molecule has 2 heterocycles. The normalized spacial score (nSPS) is 20.2. The highest BCUT2D eigenvalue weighted by atomic mass is 35.5. The van der Waals surface area contributed by atoms with Crippen molar-refractivity contribution in [3.8, 4) is 0 Å². The third kappa shape index (κ3) is 3.58. The summed E-state index contributed by atoms with van der Waals surface area (Å²) < 4.78 is 7.14. The smallest absolute Gasteiger partial charge is 0.309 e. The minimum Gasteiger partial charge on any atom is -0.461 e. The van der Waals surface area contributed by atoms with Crippen LogP contribution in [0.25, 0.3) is 5.65 Å². The first kappa shape index (κ1) is 17.0. The largest absolute Gasteiger partial charge is 0.461 e. The SMILES string of the molecule is O=C(OCc1ccccc1)C1CCCC(c2cc(Cl)n3nccc3n2)C1. The molecule has 134 valence electrons. The molecule has 0 amide bonds. The zero-order valence-corrected chi connectivity index (χ0v) is 15.1. The van der Waals surface area contributed by atoms with Gasteiger partial charge in [0.15, 0.2) is 5.65 Å². The van der Waals surface area contributed by atoms with Gasteiger partial charge in [-0.1, -0.05) is 48.4 Å². The van der Waals surface area contributed by atoms with Crippen LogP contribution in [-0.2, 0) is 16.1 Å². The Bertz CT molecular complexity index is 910. The van der Waals surface area contributed by atoms with Gasteiger partial charge >= 0.3 is 5.97 Å². The molecule has 1 saturated carbocycles. The number of halogens is 1. The predicted octanol–water partition coefficient (Wildman–Crippen LogP) is 4.40. The molecule has 0 aliphatic heterocycles. The van der Waals surface area contributed by atoms with Crippen LogP contribution in [-0.4, -0.2) is 20.6 Å². The lowest BCUT2D eigenvalue weighted by Crippen LogP contribution is -2.24. The molecule has 1 aromatic carbocycles. The van der Waals surface area contributed by atoms with Crippen LogP contribution in [0.5, 0.6) is 0 Å². The molecule has 26 heavy (non-hydrogen) atoms. The standard InChI is InChI=1S/C20H20ClN3O2/c21-18-12-17(23-19-9-10-22-24(18)19)15-7-4-8-16(11-15)20(25)26-13-14-5-2-1-3-6-14/h1-3,5-6,9-10,12,15-16H,4,7-8,11,13H2. The van der Waals surface area contributed by atoms with Crippen LogP contribution in [0.3, 0.4) is 0 Å². The van der Waals surface area contributed by atoms with Gasteiger partial charge in [-0.15, -0.1) is 0 Å². The first-order valence-electron chi connectivity index (χ1n) is 8.91. The second-order valence-electron chi connectivity index (χ2n) is 6.76. The lowest BCUT2D eigenvalue weighted by atomic mass is 9.80. The Balaban J connectivity index is 1.43. The van der Waals surface area contributed by atoms with Crippen molar-refractivity contribution in [1.82, 2.24) is 14.6 Å². The maximum Gasteiger partial charge on any atom is 0.309 e. The summed E-state index contributed by atoms with van der Waals surface area (Å²) in [6, 6.07) is 13.5. The van der Waals surface area contributed by atoms with E-state index in [1.165, 1.54) is 0 Å². The highest BCUT2D eigenvalue weighted by Gasteiger charge is 2.30. The van der Waals surface area contributed by atoms with Crippen molar-refractivity contribution in [2.24, 2.45) is 5.92 Å². The Hall–Kier alpha value is -2.40. The number of fused-ring (bicyclic) bond motifs is 1. The second kappa shape index (κ2) is 7.46. The monoisotopic (exact) mass is 369 g/mol. The van der Waals surface area contributed by atoms with E-state index >= 15 is 0 Å². The average Bonchev–Trinajstić information content (AvgIpc) is 3.16. The Morgan fingerprint density at radius 2 is 2.08 bits per heavy atom. The third-order valence-corrected chi connectivity index (χ3v) is 5.25. The number of benzene rings is 1. The number of hydrogen-bond donors (Lipinski definition) is 0. The number of hydrogen-bond acceptors (Lipinski definition) is 4. The van der Waals surface area contributed by atoms with E-state index in [1.807, 2.05) is 42.5 Å². The number of carbonyl (C=O) groups excluding carboxylic acids is 1. The van der Waals surface area contributed by atoms with E-state index in [0.717, 1.165) is 42.6 Å². The van der Waals surface area contributed by atoms with E-state index in [9.17, 15) is 4.79 Å². The van der Waals surface area contributed by atoms with Crippen LogP contribution in [0.4, 0.5) is 0 Å². The molecule has 0 saturated heterocycles. The van der Waals surface area contributed by atoms with Gasteiger partial charge < -0.3 is 4.74 Å². The summed E-state index contributed by atoms with van der Waals surface area (Å²) in [6.45, 7) is 0.326. The Morgan fingerprint density at radius 3 is 2.92 bits per heavy atom. The molecule has 0 N–H and O–H groups in total. The summed E-state index contributed by atoms with van der Waals surface area (Å²) in [7, 11) is 0. The van der Waals surface area contributed by atoms with Crippen LogP contribution in [0.2, 0.25) is 5.15 Å². The number of carbonyl (C=O) groups is 1. The van der Waals surface area contributed by atoms with Crippen LogP contribution in [0, 0.1) is 5.92 Å². The molecule has 6 heteroatoms. The van der Waals surface area contributed by atoms with Gasteiger partial charge in [0.25, 0.3) is 0 Å². The summed E-state index contributed by atoms with van der Waals surface area (Å²) in [5.74, 6) is 0.0182. The van der Waals surface area contributed by atoms with E-state index in [1.54, 1.807) is 10.7 Å². The van der Waals surface area contributed by atoms with Crippen molar-refractivity contribution in [3.63, 3.8) is 0 Å². The summed E-state index contributed by atoms with van der Waals surface area (Å²) >= 11 is 6.31.